The first-order chi connectivity index (χ1) is 8.74. The molecule has 0 amide bonds. The molecule has 3 rings (SSSR count). The fourth-order valence-electron chi connectivity index (χ4n) is 2.91. The van der Waals surface area contributed by atoms with Crippen LogP contribution < -0.4 is 5.32 Å². The summed E-state index contributed by atoms with van der Waals surface area (Å²) in [4.78, 5) is 0. The normalized spacial score (nSPS) is 33.3. The molecule has 1 fully saturated rings. The van der Waals surface area contributed by atoms with Crippen LogP contribution in [0.4, 0.5) is 0 Å². The van der Waals surface area contributed by atoms with E-state index in [-0.39, 0.29) is 0 Å². The summed E-state index contributed by atoms with van der Waals surface area (Å²) in [7, 11) is 0. The Morgan fingerprint density at radius 1 is 1.50 bits per heavy atom. The second-order valence-corrected chi connectivity index (χ2v) is 8.08. The van der Waals surface area contributed by atoms with E-state index in [9.17, 15) is 0 Å². The Kier molecular flexibility index (Phi) is 3.99. The largest absolute Gasteiger partial charge is 0.381 e. The molecule has 1 saturated heterocycles. The zero-order valence-corrected chi connectivity index (χ0v) is 12.7. The lowest BCUT2D eigenvalue weighted by molar-refractivity contribution is 0.176. The molecule has 4 atom stereocenters. The zero-order valence-electron chi connectivity index (χ0n) is 11.0. The number of hydrogen-bond donors (Lipinski definition) is 1. The maximum Gasteiger partial charge on any atom is 0.0649 e. The molecule has 4 heteroatoms. The number of thiophene rings is 1. The minimum atomic E-state index is 0.540. The molecule has 1 N–H and O–H groups in total. The Morgan fingerprint density at radius 2 is 2.39 bits per heavy atom. The van der Waals surface area contributed by atoms with Gasteiger partial charge in [0.15, 0.2) is 0 Å². The van der Waals surface area contributed by atoms with Gasteiger partial charge in [-0.25, -0.2) is 0 Å². The summed E-state index contributed by atoms with van der Waals surface area (Å²) in [6, 6.07) is 3.40. The predicted molar refractivity (Wildman–Crippen MR) is 78.5 cm³/mol. The maximum absolute atomic E-state index is 5.50. The van der Waals surface area contributed by atoms with Gasteiger partial charge < -0.3 is 10.1 Å². The lowest BCUT2D eigenvalue weighted by atomic mass is 9.97. The van der Waals surface area contributed by atoms with Crippen LogP contribution in [0.2, 0.25) is 0 Å². The van der Waals surface area contributed by atoms with Crippen LogP contribution >= 0.6 is 23.1 Å². The molecular formula is C14H21NOS2. The smallest absolute Gasteiger partial charge is 0.0649 e. The third-order valence-corrected chi connectivity index (χ3v) is 6.39. The molecule has 1 aromatic rings. The first-order valence-electron chi connectivity index (χ1n) is 6.82. The minimum Gasteiger partial charge on any atom is -0.381 e. The molecule has 2 aliphatic rings. The van der Waals surface area contributed by atoms with Crippen molar-refractivity contribution in [1.82, 2.24) is 5.32 Å². The van der Waals surface area contributed by atoms with Gasteiger partial charge in [-0.3, -0.25) is 0 Å². The molecule has 1 aromatic heterocycles. The highest BCUT2D eigenvalue weighted by Gasteiger charge is 2.30. The second kappa shape index (κ2) is 5.53. The summed E-state index contributed by atoms with van der Waals surface area (Å²) in [6.45, 7) is 6.53. The predicted octanol–water partition coefficient (Wildman–Crippen LogP) is 3.69. The third-order valence-electron chi connectivity index (χ3n) is 4.05. The molecule has 2 aliphatic heterocycles. The number of fused-ring (bicyclic) bond motifs is 1. The highest BCUT2D eigenvalue weighted by atomic mass is 32.2. The minimum absolute atomic E-state index is 0.540. The van der Waals surface area contributed by atoms with Gasteiger partial charge in [-0.05, 0) is 42.7 Å². The summed E-state index contributed by atoms with van der Waals surface area (Å²) < 4.78 is 7.02. The Hall–Kier alpha value is -0.0300. The average molecular weight is 283 g/mol. The Labute approximate surface area is 117 Å². The number of hydrogen-bond acceptors (Lipinski definition) is 4. The Morgan fingerprint density at radius 3 is 3.17 bits per heavy atom. The molecule has 0 aromatic carbocycles. The van der Waals surface area contributed by atoms with E-state index < -0.39 is 0 Å². The molecular weight excluding hydrogens is 262 g/mol. The van der Waals surface area contributed by atoms with E-state index in [1.807, 2.05) is 23.1 Å². The Balaban J connectivity index is 1.69. The van der Waals surface area contributed by atoms with Gasteiger partial charge in [-0.15, -0.1) is 23.1 Å². The van der Waals surface area contributed by atoms with E-state index >= 15 is 0 Å². The van der Waals surface area contributed by atoms with Gasteiger partial charge in [0.1, 0.15) is 0 Å². The van der Waals surface area contributed by atoms with Gasteiger partial charge >= 0.3 is 0 Å². The summed E-state index contributed by atoms with van der Waals surface area (Å²) in [5.74, 6) is 0.692. The van der Waals surface area contributed by atoms with Gasteiger partial charge in [-0.1, -0.05) is 6.92 Å². The highest BCUT2D eigenvalue weighted by molar-refractivity contribution is 8.01. The van der Waals surface area contributed by atoms with Crippen molar-refractivity contribution < 1.29 is 4.74 Å². The van der Waals surface area contributed by atoms with Crippen LogP contribution in [0.1, 0.15) is 38.3 Å². The first kappa shape index (κ1) is 13.0. The van der Waals surface area contributed by atoms with Crippen LogP contribution in [0.15, 0.2) is 15.7 Å². The monoisotopic (exact) mass is 283 g/mol. The van der Waals surface area contributed by atoms with E-state index in [0.29, 0.717) is 18.0 Å². The Bertz CT molecular complexity index is 400. The standard InChI is InChI=1S/C14H21NOS2/c1-9-7-13(12-4-6-17-14(12)18-9)15-10(2)11-3-5-16-8-11/h4,6,9-11,13,15H,3,5,7-8H2,1-2H3/t9-,10?,11?,13?/m0/s1. The van der Waals surface area contributed by atoms with Gasteiger partial charge in [0.25, 0.3) is 0 Å². The third kappa shape index (κ3) is 2.62. The molecule has 100 valence electrons. The maximum atomic E-state index is 5.50. The summed E-state index contributed by atoms with van der Waals surface area (Å²) in [5.41, 5.74) is 1.52. The van der Waals surface area contributed by atoms with E-state index in [1.54, 1.807) is 0 Å². The number of thioether (sulfide) groups is 1. The molecule has 3 heterocycles. The molecule has 0 aliphatic carbocycles. The summed E-state index contributed by atoms with van der Waals surface area (Å²) in [5, 5.41) is 6.80. The average Bonchev–Trinajstić information content (AvgIpc) is 2.98. The fourth-order valence-corrected chi connectivity index (χ4v) is 5.47. The van der Waals surface area contributed by atoms with Crippen molar-refractivity contribution in [1.29, 1.82) is 0 Å². The summed E-state index contributed by atoms with van der Waals surface area (Å²) in [6.07, 6.45) is 2.45. The summed E-state index contributed by atoms with van der Waals surface area (Å²) >= 11 is 3.93. The van der Waals surface area contributed by atoms with Gasteiger partial charge in [0.05, 0.1) is 10.8 Å². The molecule has 2 nitrogen and oxygen atoms in total. The fraction of sp³-hybridized carbons (Fsp3) is 0.714. The number of nitrogens with one attached hydrogen (secondary N) is 1. The second-order valence-electron chi connectivity index (χ2n) is 5.46. The van der Waals surface area contributed by atoms with Crippen molar-refractivity contribution in [3.05, 3.63) is 17.0 Å². The molecule has 18 heavy (non-hydrogen) atoms. The van der Waals surface area contributed by atoms with Crippen LogP contribution in [-0.4, -0.2) is 24.5 Å². The molecule has 0 spiro atoms. The molecule has 0 bridgehead atoms. The van der Waals surface area contributed by atoms with Crippen molar-refractivity contribution in [2.75, 3.05) is 13.2 Å². The van der Waals surface area contributed by atoms with Crippen LogP contribution in [0.25, 0.3) is 0 Å². The SMILES string of the molecule is CC(NC1C[C@H](C)Sc2sccc21)C1CCOC1. The first-order valence-corrected chi connectivity index (χ1v) is 8.58. The molecule has 0 radical (unpaired) electrons. The lowest BCUT2D eigenvalue weighted by Crippen LogP contribution is -2.38. The zero-order chi connectivity index (χ0) is 12.5. The van der Waals surface area contributed by atoms with Crippen molar-refractivity contribution in [3.63, 3.8) is 0 Å². The molecule has 0 saturated carbocycles. The lowest BCUT2D eigenvalue weighted by Gasteiger charge is -2.31. The van der Waals surface area contributed by atoms with Crippen molar-refractivity contribution in [2.24, 2.45) is 5.92 Å². The van der Waals surface area contributed by atoms with Crippen molar-refractivity contribution >= 4 is 23.1 Å². The van der Waals surface area contributed by atoms with Crippen LogP contribution in [0.3, 0.4) is 0 Å². The van der Waals surface area contributed by atoms with E-state index in [2.05, 4.69) is 30.6 Å². The van der Waals surface area contributed by atoms with Gasteiger partial charge in [0, 0.05) is 23.9 Å². The van der Waals surface area contributed by atoms with E-state index in [0.717, 1.165) is 18.5 Å². The van der Waals surface area contributed by atoms with Crippen LogP contribution in [0.5, 0.6) is 0 Å². The van der Waals surface area contributed by atoms with Crippen LogP contribution in [0, 0.1) is 5.92 Å². The van der Waals surface area contributed by atoms with Gasteiger partial charge in [0.2, 0.25) is 0 Å². The number of rotatable bonds is 3. The van der Waals surface area contributed by atoms with Crippen LogP contribution in [-0.2, 0) is 4.74 Å². The quantitative estimate of drug-likeness (QED) is 0.914. The highest BCUT2D eigenvalue weighted by Crippen LogP contribution is 2.44. The van der Waals surface area contributed by atoms with E-state index in [1.165, 1.54) is 22.6 Å². The topological polar surface area (TPSA) is 21.3 Å². The van der Waals surface area contributed by atoms with Gasteiger partial charge in [-0.2, -0.15) is 0 Å². The molecule has 3 unspecified atom stereocenters. The number of ether oxygens (including phenoxy) is 1. The van der Waals surface area contributed by atoms with Crippen molar-refractivity contribution in [2.45, 2.75) is 48.2 Å². The van der Waals surface area contributed by atoms with E-state index in [4.69, 9.17) is 4.74 Å². The van der Waals surface area contributed by atoms with Crippen molar-refractivity contribution in [3.8, 4) is 0 Å².